The van der Waals surface area contributed by atoms with Crippen molar-refractivity contribution in [2.24, 2.45) is 16.8 Å². The molecule has 0 aliphatic heterocycles. The first-order valence-electron chi connectivity index (χ1n) is 3.33. The Balaban J connectivity index is 2.19. The standard InChI is InChI=1S/C6H9N3O2/c7-5(10)6(11)9-8-3-4-1-2-4/h3-4H,1-2H2,(H2,7,10)(H,9,11)/b8-3+. The summed E-state index contributed by atoms with van der Waals surface area (Å²) in [5, 5.41) is 3.53. The number of hydrazone groups is 1. The van der Waals surface area contributed by atoms with Gasteiger partial charge < -0.3 is 5.73 Å². The lowest BCUT2D eigenvalue weighted by Crippen LogP contribution is -2.32. The van der Waals surface area contributed by atoms with Gasteiger partial charge in [0.2, 0.25) is 0 Å². The Morgan fingerprint density at radius 3 is 2.64 bits per heavy atom. The normalized spacial score (nSPS) is 16.7. The summed E-state index contributed by atoms with van der Waals surface area (Å²) in [7, 11) is 0. The van der Waals surface area contributed by atoms with Crippen LogP contribution in [0.4, 0.5) is 0 Å². The maximum Gasteiger partial charge on any atom is 0.329 e. The number of primary amides is 1. The van der Waals surface area contributed by atoms with E-state index in [2.05, 4.69) is 10.8 Å². The van der Waals surface area contributed by atoms with Crippen molar-refractivity contribution < 1.29 is 9.59 Å². The summed E-state index contributed by atoms with van der Waals surface area (Å²) < 4.78 is 0. The molecule has 2 amide bonds. The van der Waals surface area contributed by atoms with Gasteiger partial charge in [0.25, 0.3) is 0 Å². The predicted octanol–water partition coefficient (Wildman–Crippen LogP) is -1.02. The number of carbonyl (C=O) groups excluding carboxylic acids is 2. The minimum absolute atomic E-state index is 0.475. The summed E-state index contributed by atoms with van der Waals surface area (Å²) in [5.41, 5.74) is 6.65. The fourth-order valence-corrected chi connectivity index (χ4v) is 0.502. The summed E-state index contributed by atoms with van der Waals surface area (Å²) in [5.74, 6) is -1.41. The van der Waals surface area contributed by atoms with Crippen LogP contribution in [0.15, 0.2) is 5.10 Å². The number of hydrogen-bond donors (Lipinski definition) is 2. The molecule has 11 heavy (non-hydrogen) atoms. The summed E-state index contributed by atoms with van der Waals surface area (Å²) in [6.07, 6.45) is 3.83. The van der Waals surface area contributed by atoms with Crippen LogP contribution in [0.5, 0.6) is 0 Å². The molecule has 0 atom stereocenters. The average molecular weight is 155 g/mol. The van der Waals surface area contributed by atoms with Crippen LogP contribution >= 0.6 is 0 Å². The van der Waals surface area contributed by atoms with Gasteiger partial charge in [-0.3, -0.25) is 9.59 Å². The van der Waals surface area contributed by atoms with Gasteiger partial charge in [0, 0.05) is 6.21 Å². The zero-order valence-electron chi connectivity index (χ0n) is 5.91. The van der Waals surface area contributed by atoms with Gasteiger partial charge >= 0.3 is 11.8 Å². The number of rotatable bonds is 2. The Bertz CT molecular complexity index is 208. The van der Waals surface area contributed by atoms with Gasteiger partial charge in [-0.2, -0.15) is 5.10 Å². The van der Waals surface area contributed by atoms with Gasteiger partial charge in [-0.25, -0.2) is 5.43 Å². The highest BCUT2D eigenvalue weighted by Gasteiger charge is 2.18. The molecule has 0 bridgehead atoms. The van der Waals surface area contributed by atoms with Crippen LogP contribution in [0.25, 0.3) is 0 Å². The molecular weight excluding hydrogens is 146 g/mol. The lowest BCUT2D eigenvalue weighted by molar-refractivity contribution is -0.137. The lowest BCUT2D eigenvalue weighted by Gasteiger charge is -1.91. The molecule has 1 aliphatic carbocycles. The van der Waals surface area contributed by atoms with Crippen LogP contribution in [0.3, 0.4) is 0 Å². The van der Waals surface area contributed by atoms with Crippen LogP contribution in [0.2, 0.25) is 0 Å². The third-order valence-corrected chi connectivity index (χ3v) is 1.30. The molecule has 60 valence electrons. The monoisotopic (exact) mass is 155 g/mol. The molecule has 5 nitrogen and oxygen atoms in total. The second-order valence-electron chi connectivity index (χ2n) is 2.42. The second kappa shape index (κ2) is 3.14. The number of nitrogens with zero attached hydrogens (tertiary/aromatic N) is 1. The Kier molecular flexibility index (Phi) is 2.20. The van der Waals surface area contributed by atoms with Gasteiger partial charge in [0.05, 0.1) is 0 Å². The van der Waals surface area contributed by atoms with Crippen molar-refractivity contribution >= 4 is 18.0 Å². The Morgan fingerprint density at radius 2 is 2.18 bits per heavy atom. The zero-order valence-corrected chi connectivity index (χ0v) is 5.91. The van der Waals surface area contributed by atoms with E-state index in [0.717, 1.165) is 12.8 Å². The molecule has 1 fully saturated rings. The summed E-state index contributed by atoms with van der Waals surface area (Å²) in [6, 6.07) is 0. The highest BCUT2D eigenvalue weighted by molar-refractivity contribution is 6.34. The molecular formula is C6H9N3O2. The SMILES string of the molecule is NC(=O)C(=O)N/N=C/C1CC1. The Hall–Kier alpha value is -1.39. The van der Waals surface area contributed by atoms with Crippen LogP contribution in [0.1, 0.15) is 12.8 Å². The summed E-state index contributed by atoms with van der Waals surface area (Å²) in [6.45, 7) is 0. The number of nitrogens with one attached hydrogen (secondary N) is 1. The minimum atomic E-state index is -1.02. The fourth-order valence-electron chi connectivity index (χ4n) is 0.502. The molecule has 0 aromatic rings. The predicted molar refractivity (Wildman–Crippen MR) is 38.6 cm³/mol. The van der Waals surface area contributed by atoms with Crippen molar-refractivity contribution in [2.45, 2.75) is 12.8 Å². The van der Waals surface area contributed by atoms with Gasteiger partial charge in [-0.15, -0.1) is 0 Å². The van der Waals surface area contributed by atoms with Crippen LogP contribution in [0, 0.1) is 5.92 Å². The van der Waals surface area contributed by atoms with Crippen molar-refractivity contribution in [2.75, 3.05) is 0 Å². The third-order valence-electron chi connectivity index (χ3n) is 1.30. The number of hydrogen-bond acceptors (Lipinski definition) is 3. The van der Waals surface area contributed by atoms with Crippen molar-refractivity contribution in [1.82, 2.24) is 5.43 Å². The van der Waals surface area contributed by atoms with Gasteiger partial charge in [-0.1, -0.05) is 0 Å². The van der Waals surface area contributed by atoms with E-state index in [1.165, 1.54) is 0 Å². The smallest absolute Gasteiger partial charge is 0.329 e. The average Bonchev–Trinajstić information content (AvgIpc) is 2.71. The zero-order chi connectivity index (χ0) is 8.27. The van der Waals surface area contributed by atoms with E-state index in [0.29, 0.717) is 5.92 Å². The van der Waals surface area contributed by atoms with E-state index in [-0.39, 0.29) is 0 Å². The number of amides is 2. The van der Waals surface area contributed by atoms with E-state index in [1.807, 2.05) is 5.43 Å². The largest absolute Gasteiger partial charge is 0.361 e. The van der Waals surface area contributed by atoms with Gasteiger partial charge in [0.1, 0.15) is 0 Å². The highest BCUT2D eigenvalue weighted by atomic mass is 16.2. The van der Waals surface area contributed by atoms with Crippen LogP contribution in [-0.2, 0) is 9.59 Å². The van der Waals surface area contributed by atoms with E-state index in [1.54, 1.807) is 6.21 Å². The molecule has 3 N–H and O–H groups in total. The molecule has 0 radical (unpaired) electrons. The molecule has 1 rings (SSSR count). The maximum absolute atomic E-state index is 10.4. The molecule has 5 heteroatoms. The molecule has 1 saturated carbocycles. The van der Waals surface area contributed by atoms with Gasteiger partial charge in [-0.05, 0) is 18.8 Å². The minimum Gasteiger partial charge on any atom is -0.361 e. The molecule has 0 aromatic heterocycles. The van der Waals surface area contributed by atoms with E-state index in [9.17, 15) is 9.59 Å². The summed E-state index contributed by atoms with van der Waals surface area (Å²) >= 11 is 0. The first-order chi connectivity index (χ1) is 5.20. The number of nitrogens with two attached hydrogens (primary N) is 1. The number of carbonyl (C=O) groups is 2. The molecule has 0 spiro atoms. The van der Waals surface area contributed by atoms with Gasteiger partial charge in [0.15, 0.2) is 0 Å². The summed E-state index contributed by atoms with van der Waals surface area (Å²) in [4.78, 5) is 20.6. The van der Waals surface area contributed by atoms with E-state index in [4.69, 9.17) is 0 Å². The van der Waals surface area contributed by atoms with Crippen LogP contribution in [-0.4, -0.2) is 18.0 Å². The molecule has 0 saturated heterocycles. The third kappa shape index (κ3) is 2.79. The highest BCUT2D eigenvalue weighted by Crippen LogP contribution is 2.25. The maximum atomic E-state index is 10.4. The quantitative estimate of drug-likeness (QED) is 0.304. The van der Waals surface area contributed by atoms with Crippen molar-refractivity contribution in [3.63, 3.8) is 0 Å². The first kappa shape index (κ1) is 7.71. The van der Waals surface area contributed by atoms with Crippen molar-refractivity contribution in [3.05, 3.63) is 0 Å². The molecule has 0 aromatic carbocycles. The first-order valence-corrected chi connectivity index (χ1v) is 3.33. The Labute approximate surface area is 63.6 Å². The van der Waals surface area contributed by atoms with Crippen LogP contribution < -0.4 is 11.2 Å². The second-order valence-corrected chi connectivity index (χ2v) is 2.42. The van der Waals surface area contributed by atoms with Crippen molar-refractivity contribution in [3.8, 4) is 0 Å². The van der Waals surface area contributed by atoms with E-state index >= 15 is 0 Å². The molecule has 1 aliphatic rings. The topological polar surface area (TPSA) is 84.5 Å². The van der Waals surface area contributed by atoms with E-state index < -0.39 is 11.8 Å². The van der Waals surface area contributed by atoms with Crippen molar-refractivity contribution in [1.29, 1.82) is 0 Å². The molecule has 0 unspecified atom stereocenters. The molecule has 0 heterocycles. The Morgan fingerprint density at radius 1 is 1.55 bits per heavy atom. The lowest BCUT2D eigenvalue weighted by atomic mass is 10.5. The fraction of sp³-hybridized carbons (Fsp3) is 0.500.